The van der Waals surface area contributed by atoms with E-state index in [4.69, 9.17) is 21.3 Å². The molecule has 2 saturated carbocycles. The molecule has 10 heteroatoms. The van der Waals surface area contributed by atoms with Crippen molar-refractivity contribution in [3.63, 3.8) is 0 Å². The first kappa shape index (κ1) is 30.4. The van der Waals surface area contributed by atoms with Crippen molar-refractivity contribution in [3.8, 4) is 0 Å². The van der Waals surface area contributed by atoms with E-state index in [9.17, 15) is 18.4 Å². The number of halogens is 3. The Morgan fingerprint density at radius 3 is 2.57 bits per heavy atom. The zero-order valence-corrected chi connectivity index (χ0v) is 25.2. The van der Waals surface area contributed by atoms with Crippen molar-refractivity contribution in [2.45, 2.75) is 82.5 Å². The molecular formula is C32H39ClF2N4O3. The molecule has 3 aromatic rings. The minimum Gasteiger partial charge on any atom is -0.383 e. The van der Waals surface area contributed by atoms with Crippen molar-refractivity contribution >= 4 is 34.4 Å². The molecular weight excluding hydrogens is 562 g/mol. The fourth-order valence-electron chi connectivity index (χ4n) is 5.87. The van der Waals surface area contributed by atoms with Crippen LogP contribution in [0.1, 0.15) is 69.3 Å². The molecule has 7 nitrogen and oxygen atoms in total. The van der Waals surface area contributed by atoms with Gasteiger partial charge in [0, 0.05) is 30.5 Å². The Hall–Kier alpha value is -3.04. The second-order valence-corrected chi connectivity index (χ2v) is 12.8. The molecule has 2 amide bonds. The van der Waals surface area contributed by atoms with Gasteiger partial charge in [0.15, 0.2) is 0 Å². The van der Waals surface area contributed by atoms with Gasteiger partial charge in [-0.25, -0.2) is 13.8 Å². The van der Waals surface area contributed by atoms with Crippen molar-refractivity contribution < 1.29 is 23.1 Å². The highest BCUT2D eigenvalue weighted by Crippen LogP contribution is 2.36. The van der Waals surface area contributed by atoms with Crippen LogP contribution in [0.15, 0.2) is 36.4 Å². The molecule has 0 aliphatic heterocycles. The van der Waals surface area contributed by atoms with Gasteiger partial charge in [-0.3, -0.25) is 9.59 Å². The lowest BCUT2D eigenvalue weighted by Gasteiger charge is -2.36. The lowest BCUT2D eigenvalue weighted by molar-refractivity contribution is -0.135. The quantitative estimate of drug-likeness (QED) is 0.247. The molecule has 2 aromatic carbocycles. The third kappa shape index (κ3) is 6.18. The van der Waals surface area contributed by atoms with Crippen LogP contribution in [0.5, 0.6) is 0 Å². The fraction of sp³-hybridized carbons (Fsp3) is 0.531. The first-order valence-electron chi connectivity index (χ1n) is 14.7. The second-order valence-electron chi connectivity index (χ2n) is 12.4. The maximum Gasteiger partial charge on any atom is 0.243 e. The van der Waals surface area contributed by atoms with Crippen molar-refractivity contribution in [2.24, 2.45) is 11.8 Å². The molecule has 3 N–H and O–H groups in total. The molecule has 5 rings (SSSR count). The van der Waals surface area contributed by atoms with Crippen LogP contribution in [0.4, 0.5) is 8.78 Å². The zero-order valence-electron chi connectivity index (χ0n) is 24.5. The molecule has 0 spiro atoms. The summed E-state index contributed by atoms with van der Waals surface area (Å²) in [7, 11) is 1.53. The van der Waals surface area contributed by atoms with Crippen LogP contribution in [0, 0.1) is 17.7 Å². The molecule has 0 bridgehead atoms. The summed E-state index contributed by atoms with van der Waals surface area (Å²) >= 11 is 6.40. The molecule has 5 atom stereocenters. The summed E-state index contributed by atoms with van der Waals surface area (Å²) in [4.78, 5) is 35.0. The molecule has 226 valence electrons. The molecule has 2 aliphatic rings. The van der Waals surface area contributed by atoms with Crippen molar-refractivity contribution in [3.05, 3.63) is 64.2 Å². The Balaban J connectivity index is 1.39. The number of rotatable bonds is 12. The van der Waals surface area contributed by atoms with E-state index in [2.05, 4.69) is 15.6 Å². The average Bonchev–Trinajstić information content (AvgIpc) is 3.44. The maximum absolute atomic E-state index is 14.8. The molecule has 0 radical (unpaired) electrons. The van der Waals surface area contributed by atoms with Gasteiger partial charge in [0.1, 0.15) is 23.9 Å². The number of aromatic nitrogens is 2. The van der Waals surface area contributed by atoms with Crippen LogP contribution in [0.3, 0.4) is 0 Å². The highest BCUT2D eigenvalue weighted by molar-refractivity contribution is 6.31. The number of ether oxygens (including phenoxy) is 1. The van der Waals surface area contributed by atoms with E-state index in [1.165, 1.54) is 13.2 Å². The van der Waals surface area contributed by atoms with Gasteiger partial charge in [0.25, 0.3) is 0 Å². The van der Waals surface area contributed by atoms with Crippen LogP contribution >= 0.6 is 11.6 Å². The number of methoxy groups -OCH3 is 1. The Bertz CT molecular complexity index is 1440. The number of nitrogens with one attached hydrogen (secondary N) is 3. The SMILES string of the molecule is COCC(C)(C(=O)N[C@@H](C(=O)N[C@@H]1C[C@H]1F)C1CCC1)c1ccc2[nH]c(CC(c3c(F)cccc3Cl)C(C)C)nc2c1. The van der Waals surface area contributed by atoms with E-state index in [0.29, 0.717) is 40.3 Å². The van der Waals surface area contributed by atoms with Gasteiger partial charge >= 0.3 is 0 Å². The van der Waals surface area contributed by atoms with Crippen molar-refractivity contribution in [2.75, 3.05) is 13.7 Å². The van der Waals surface area contributed by atoms with E-state index in [1.807, 2.05) is 32.0 Å². The number of hydrogen-bond acceptors (Lipinski definition) is 4. The number of amides is 2. The first-order chi connectivity index (χ1) is 20.0. The minimum atomic E-state index is -1.12. The number of benzene rings is 2. The molecule has 0 saturated heterocycles. The number of nitrogens with zero attached hydrogens (tertiary/aromatic N) is 1. The number of carbonyl (C=O) groups excluding carboxylic acids is 2. The van der Waals surface area contributed by atoms with E-state index in [-0.39, 0.29) is 42.0 Å². The standard InChI is InChI=1S/C32H39ClF2N4O3/c1-17(2)20(28-21(33)9-6-10-22(28)34)14-27-36-24-12-11-19(13-26(24)37-27)32(3,16-42-4)31(41)39-29(18-7-5-8-18)30(40)38-25-15-23(25)35/h6,9-13,17-18,20,23,25,29H,5,7-8,14-16H2,1-4H3,(H,36,37)(H,38,40)(H,39,41)/t20?,23-,25-,29-,32?/m1/s1. The van der Waals surface area contributed by atoms with E-state index in [1.54, 1.807) is 19.1 Å². The lowest BCUT2D eigenvalue weighted by Crippen LogP contribution is -2.57. The third-order valence-corrected chi connectivity index (χ3v) is 9.25. The number of H-pyrrole nitrogens is 1. The highest BCUT2D eigenvalue weighted by atomic mass is 35.5. The van der Waals surface area contributed by atoms with Gasteiger partial charge in [-0.15, -0.1) is 0 Å². The Labute approximate surface area is 250 Å². The summed E-state index contributed by atoms with van der Waals surface area (Å²) < 4.78 is 33.8. The van der Waals surface area contributed by atoms with Crippen molar-refractivity contribution in [1.29, 1.82) is 0 Å². The Morgan fingerprint density at radius 1 is 1.24 bits per heavy atom. The van der Waals surface area contributed by atoms with Gasteiger partial charge < -0.3 is 20.4 Å². The van der Waals surface area contributed by atoms with Crippen LogP contribution in [0.25, 0.3) is 11.0 Å². The summed E-state index contributed by atoms with van der Waals surface area (Å²) in [5, 5.41) is 6.12. The van der Waals surface area contributed by atoms with Crippen LogP contribution < -0.4 is 10.6 Å². The first-order valence-corrected chi connectivity index (χ1v) is 15.1. The number of alkyl halides is 1. The van der Waals surface area contributed by atoms with Gasteiger partial charge in [-0.1, -0.05) is 44.0 Å². The normalized spacial score (nSPS) is 21.4. The minimum absolute atomic E-state index is 0.0193. The predicted molar refractivity (Wildman–Crippen MR) is 159 cm³/mol. The summed E-state index contributed by atoms with van der Waals surface area (Å²) in [6.07, 6.45) is 2.41. The highest BCUT2D eigenvalue weighted by Gasteiger charge is 2.44. The summed E-state index contributed by atoms with van der Waals surface area (Å²) in [6.45, 7) is 5.92. The van der Waals surface area contributed by atoms with E-state index < -0.39 is 23.7 Å². The molecule has 1 heterocycles. The van der Waals surface area contributed by atoms with Gasteiger partial charge in [-0.05, 0) is 67.3 Å². The number of hydrogen-bond donors (Lipinski definition) is 3. The lowest BCUT2D eigenvalue weighted by atomic mass is 9.77. The Morgan fingerprint density at radius 2 is 1.98 bits per heavy atom. The number of imidazole rings is 1. The number of fused-ring (bicyclic) bond motifs is 1. The van der Waals surface area contributed by atoms with Crippen LogP contribution in [-0.4, -0.2) is 53.8 Å². The molecule has 2 unspecified atom stereocenters. The number of carbonyl (C=O) groups is 2. The van der Waals surface area contributed by atoms with E-state index in [0.717, 1.165) is 24.8 Å². The second kappa shape index (κ2) is 12.3. The zero-order chi connectivity index (χ0) is 30.2. The van der Waals surface area contributed by atoms with Gasteiger partial charge in [-0.2, -0.15) is 0 Å². The topological polar surface area (TPSA) is 96.1 Å². The van der Waals surface area contributed by atoms with Crippen LogP contribution in [-0.2, 0) is 26.2 Å². The summed E-state index contributed by atoms with van der Waals surface area (Å²) in [5.74, 6) is -0.393. The third-order valence-electron chi connectivity index (χ3n) is 8.92. The summed E-state index contributed by atoms with van der Waals surface area (Å²) in [5.41, 5.74) is 1.49. The number of aromatic amines is 1. The molecule has 42 heavy (non-hydrogen) atoms. The maximum atomic E-state index is 14.8. The Kier molecular flexibility index (Phi) is 8.90. The molecule has 1 aromatic heterocycles. The molecule has 2 aliphatic carbocycles. The van der Waals surface area contributed by atoms with Crippen LogP contribution in [0.2, 0.25) is 5.02 Å². The van der Waals surface area contributed by atoms with E-state index >= 15 is 0 Å². The fourth-order valence-corrected chi connectivity index (χ4v) is 6.17. The van der Waals surface area contributed by atoms with Gasteiger partial charge in [0.05, 0.1) is 29.1 Å². The van der Waals surface area contributed by atoms with Crippen molar-refractivity contribution in [1.82, 2.24) is 20.6 Å². The average molecular weight is 601 g/mol. The largest absolute Gasteiger partial charge is 0.383 e. The predicted octanol–water partition coefficient (Wildman–Crippen LogP) is 5.75. The molecule has 2 fully saturated rings. The monoisotopic (exact) mass is 600 g/mol. The van der Waals surface area contributed by atoms with Gasteiger partial charge in [0.2, 0.25) is 11.8 Å². The smallest absolute Gasteiger partial charge is 0.243 e. The summed E-state index contributed by atoms with van der Waals surface area (Å²) in [6, 6.07) is 9.10.